The van der Waals surface area contributed by atoms with Crippen molar-refractivity contribution in [2.24, 2.45) is 0 Å². The SMILES string of the molecule is [2H]C(c1ccc(NC(=O)OC(C)(C)C)cc1)c1ccc(C(=O)NC)c(C)c1. The summed E-state index contributed by atoms with van der Waals surface area (Å²) in [5, 5.41) is 5.28. The van der Waals surface area contributed by atoms with Crippen LogP contribution in [-0.4, -0.2) is 24.6 Å². The van der Waals surface area contributed by atoms with Crippen LogP contribution in [0.5, 0.6) is 0 Å². The molecule has 0 radical (unpaired) electrons. The predicted molar refractivity (Wildman–Crippen MR) is 104 cm³/mol. The standard InChI is InChI=1S/C21H26N2O3/c1-14-12-16(8-11-18(14)19(24)22-5)13-15-6-9-17(10-7-15)23-20(25)26-21(2,3)4/h6-12H,13H2,1-5H3,(H,22,24)(H,23,25)/i13D. The van der Waals surface area contributed by atoms with E-state index in [0.717, 1.165) is 16.7 Å². The van der Waals surface area contributed by atoms with Crippen molar-refractivity contribution >= 4 is 17.7 Å². The summed E-state index contributed by atoms with van der Waals surface area (Å²) in [6.07, 6.45) is -1.10. The number of amides is 2. The fourth-order valence-electron chi connectivity index (χ4n) is 2.44. The quantitative estimate of drug-likeness (QED) is 0.859. The number of anilines is 1. The molecule has 0 bridgehead atoms. The Kier molecular flexibility index (Phi) is 5.56. The number of rotatable bonds is 4. The maximum Gasteiger partial charge on any atom is 0.412 e. The highest BCUT2D eigenvalue weighted by Gasteiger charge is 2.16. The van der Waals surface area contributed by atoms with E-state index < -0.39 is 18.1 Å². The first kappa shape index (κ1) is 18.0. The van der Waals surface area contributed by atoms with E-state index in [-0.39, 0.29) is 5.91 Å². The van der Waals surface area contributed by atoms with Crippen molar-refractivity contribution in [2.75, 3.05) is 12.4 Å². The van der Waals surface area contributed by atoms with E-state index in [1.165, 1.54) is 0 Å². The van der Waals surface area contributed by atoms with Crippen LogP contribution >= 0.6 is 0 Å². The lowest BCUT2D eigenvalue weighted by Gasteiger charge is -2.19. The number of ether oxygens (including phenoxy) is 1. The number of carbonyl (C=O) groups is 2. The third kappa shape index (κ3) is 5.62. The Hall–Kier alpha value is -2.82. The van der Waals surface area contributed by atoms with Gasteiger partial charge in [-0.1, -0.05) is 24.3 Å². The van der Waals surface area contributed by atoms with Gasteiger partial charge in [0.25, 0.3) is 5.91 Å². The van der Waals surface area contributed by atoms with Crippen molar-refractivity contribution in [1.82, 2.24) is 5.32 Å². The molecule has 26 heavy (non-hydrogen) atoms. The predicted octanol–water partition coefficient (Wildman–Crippen LogP) is 4.29. The summed E-state index contributed by atoms with van der Waals surface area (Å²) < 4.78 is 13.7. The molecule has 0 aliphatic carbocycles. The first-order valence-corrected chi connectivity index (χ1v) is 8.45. The highest BCUT2D eigenvalue weighted by molar-refractivity contribution is 5.95. The summed E-state index contributed by atoms with van der Waals surface area (Å²) in [5.74, 6) is -0.141. The average Bonchev–Trinajstić information content (AvgIpc) is 2.59. The largest absolute Gasteiger partial charge is 0.444 e. The van der Waals surface area contributed by atoms with Crippen LogP contribution in [0.25, 0.3) is 0 Å². The Bertz CT molecular complexity index is 826. The van der Waals surface area contributed by atoms with Gasteiger partial charge in [-0.15, -0.1) is 0 Å². The molecule has 0 fully saturated rings. The van der Waals surface area contributed by atoms with Gasteiger partial charge in [-0.3, -0.25) is 10.1 Å². The summed E-state index contributed by atoms with van der Waals surface area (Å²) in [7, 11) is 1.59. The van der Waals surface area contributed by atoms with Crippen molar-refractivity contribution in [3.05, 3.63) is 64.7 Å². The lowest BCUT2D eigenvalue weighted by Crippen LogP contribution is -2.27. The highest BCUT2D eigenvalue weighted by atomic mass is 16.6. The van der Waals surface area contributed by atoms with Crippen LogP contribution in [0.2, 0.25) is 0 Å². The molecule has 0 saturated heterocycles. The molecular formula is C21H26N2O3. The third-order valence-corrected chi connectivity index (χ3v) is 3.61. The summed E-state index contributed by atoms with van der Waals surface area (Å²) in [6.45, 7) is 7.27. The second kappa shape index (κ2) is 8.04. The van der Waals surface area contributed by atoms with Crippen molar-refractivity contribution < 1.29 is 15.7 Å². The average molecular weight is 355 g/mol. The minimum atomic E-state index is -0.585. The molecule has 0 aromatic heterocycles. The minimum Gasteiger partial charge on any atom is -0.444 e. The molecule has 2 aromatic carbocycles. The van der Waals surface area contributed by atoms with Gasteiger partial charge < -0.3 is 10.1 Å². The zero-order valence-corrected chi connectivity index (χ0v) is 15.8. The molecule has 2 amide bonds. The van der Waals surface area contributed by atoms with Crippen LogP contribution in [-0.2, 0) is 11.1 Å². The van der Waals surface area contributed by atoms with E-state index >= 15 is 0 Å². The van der Waals surface area contributed by atoms with Crippen LogP contribution in [0.1, 0.15) is 49.2 Å². The maximum atomic E-state index is 11.8. The molecule has 138 valence electrons. The number of carbonyl (C=O) groups excluding carboxylic acids is 2. The smallest absolute Gasteiger partial charge is 0.412 e. The van der Waals surface area contributed by atoms with Gasteiger partial charge in [0, 0.05) is 19.7 Å². The van der Waals surface area contributed by atoms with E-state index in [2.05, 4.69) is 10.6 Å². The summed E-state index contributed by atoms with van der Waals surface area (Å²) in [6, 6.07) is 12.5. The molecule has 1 atom stereocenters. The Morgan fingerprint density at radius 1 is 1.08 bits per heavy atom. The molecule has 2 N–H and O–H groups in total. The van der Waals surface area contributed by atoms with Gasteiger partial charge in [-0.2, -0.15) is 0 Å². The maximum absolute atomic E-state index is 11.8. The highest BCUT2D eigenvalue weighted by Crippen LogP contribution is 2.17. The zero-order valence-electron chi connectivity index (χ0n) is 16.8. The second-order valence-corrected chi connectivity index (χ2v) is 7.05. The summed E-state index contributed by atoms with van der Waals surface area (Å²) in [5.41, 5.74) is 3.06. The first-order chi connectivity index (χ1) is 12.6. The molecule has 0 heterocycles. The lowest BCUT2D eigenvalue weighted by molar-refractivity contribution is 0.0635. The van der Waals surface area contributed by atoms with Gasteiger partial charge in [0.1, 0.15) is 5.60 Å². The van der Waals surface area contributed by atoms with Crippen molar-refractivity contribution in [3.63, 3.8) is 0 Å². The number of benzene rings is 2. The zero-order chi connectivity index (χ0) is 20.2. The van der Waals surface area contributed by atoms with E-state index in [0.29, 0.717) is 11.3 Å². The van der Waals surface area contributed by atoms with E-state index in [1.54, 1.807) is 64.2 Å². The Morgan fingerprint density at radius 2 is 1.69 bits per heavy atom. The van der Waals surface area contributed by atoms with E-state index in [9.17, 15) is 9.59 Å². The molecule has 5 heteroatoms. The first-order valence-electron chi connectivity index (χ1n) is 9.03. The molecule has 2 aromatic rings. The second-order valence-electron chi connectivity index (χ2n) is 7.05. The molecule has 1 unspecified atom stereocenters. The van der Waals surface area contributed by atoms with Gasteiger partial charge in [-0.05, 0) is 69.0 Å². The van der Waals surface area contributed by atoms with Gasteiger partial charge in [-0.25, -0.2) is 4.79 Å². The van der Waals surface area contributed by atoms with Gasteiger partial charge >= 0.3 is 6.09 Å². The van der Waals surface area contributed by atoms with E-state index in [1.807, 2.05) is 13.0 Å². The topological polar surface area (TPSA) is 67.4 Å². The Balaban J connectivity index is 2.11. The van der Waals surface area contributed by atoms with Crippen molar-refractivity contribution in [2.45, 2.75) is 39.7 Å². The number of aryl methyl sites for hydroxylation is 1. The summed E-state index contributed by atoms with van der Waals surface area (Å²) in [4.78, 5) is 23.6. The molecular weight excluding hydrogens is 328 g/mol. The minimum absolute atomic E-state index is 0.141. The molecule has 0 saturated carbocycles. The van der Waals surface area contributed by atoms with Gasteiger partial charge in [0.05, 0.1) is 0 Å². The number of nitrogens with one attached hydrogen (secondary N) is 2. The van der Waals surface area contributed by atoms with Crippen molar-refractivity contribution in [3.8, 4) is 0 Å². The molecule has 2 rings (SSSR count). The monoisotopic (exact) mass is 355 g/mol. The Morgan fingerprint density at radius 3 is 2.23 bits per heavy atom. The normalized spacial score (nSPS) is 12.7. The van der Waals surface area contributed by atoms with Crippen LogP contribution in [0.4, 0.5) is 10.5 Å². The molecule has 5 nitrogen and oxygen atoms in total. The third-order valence-electron chi connectivity index (χ3n) is 3.61. The lowest BCUT2D eigenvalue weighted by atomic mass is 9.99. The van der Waals surface area contributed by atoms with Crippen molar-refractivity contribution in [1.29, 1.82) is 0 Å². The van der Waals surface area contributed by atoms with Crippen LogP contribution in [0, 0.1) is 6.92 Å². The van der Waals surface area contributed by atoms with Crippen LogP contribution in [0.3, 0.4) is 0 Å². The fraction of sp³-hybridized carbons (Fsp3) is 0.333. The van der Waals surface area contributed by atoms with Crippen LogP contribution < -0.4 is 10.6 Å². The molecule has 0 aliphatic heterocycles. The van der Waals surface area contributed by atoms with Gasteiger partial charge in [0.15, 0.2) is 0 Å². The van der Waals surface area contributed by atoms with Gasteiger partial charge in [0.2, 0.25) is 0 Å². The Labute approximate surface area is 156 Å². The fourth-order valence-corrected chi connectivity index (χ4v) is 2.44. The molecule has 0 spiro atoms. The number of hydrogen-bond acceptors (Lipinski definition) is 3. The number of hydrogen-bond donors (Lipinski definition) is 2. The summed E-state index contributed by atoms with van der Waals surface area (Å²) >= 11 is 0. The van der Waals surface area contributed by atoms with Crippen LogP contribution in [0.15, 0.2) is 42.5 Å². The molecule has 0 aliphatic rings. The van der Waals surface area contributed by atoms with E-state index in [4.69, 9.17) is 6.11 Å².